The van der Waals surface area contributed by atoms with Gasteiger partial charge in [-0.2, -0.15) is 0 Å². The molecule has 18 heavy (non-hydrogen) atoms. The number of aliphatic carboxylic acids is 1. The monoisotopic (exact) mass is 251 g/mol. The maximum atomic E-state index is 11.1. The molecule has 2 rings (SSSR count). The van der Waals surface area contributed by atoms with Crippen molar-refractivity contribution < 1.29 is 24.2 Å². The minimum absolute atomic E-state index is 0.218. The minimum Gasteiger partial charge on any atom is -0.474 e. The van der Waals surface area contributed by atoms with E-state index in [1.165, 1.54) is 11.9 Å². The zero-order valence-corrected chi connectivity index (χ0v) is 9.88. The Balaban J connectivity index is 1.94. The fourth-order valence-electron chi connectivity index (χ4n) is 1.66. The average molecular weight is 251 g/mol. The molecule has 0 fully saturated rings. The third kappa shape index (κ3) is 2.53. The van der Waals surface area contributed by atoms with Crippen molar-refractivity contribution in [2.24, 2.45) is 0 Å². The van der Waals surface area contributed by atoms with Crippen LogP contribution in [0, 0.1) is 0 Å². The van der Waals surface area contributed by atoms with E-state index in [-0.39, 0.29) is 6.79 Å². The van der Waals surface area contributed by atoms with Crippen LogP contribution in [-0.2, 0) is 16.0 Å². The van der Waals surface area contributed by atoms with Crippen molar-refractivity contribution in [1.29, 1.82) is 0 Å². The van der Waals surface area contributed by atoms with E-state index < -0.39 is 11.9 Å². The summed E-state index contributed by atoms with van der Waals surface area (Å²) in [5, 5.41) is 8.55. The first-order valence-electron chi connectivity index (χ1n) is 5.45. The van der Waals surface area contributed by atoms with E-state index in [1.807, 2.05) is 12.1 Å². The highest BCUT2D eigenvalue weighted by atomic mass is 16.7. The molecule has 0 saturated heterocycles. The number of rotatable bonds is 3. The second kappa shape index (κ2) is 4.95. The Morgan fingerprint density at radius 1 is 1.33 bits per heavy atom. The smallest absolute Gasteiger partial charge is 0.394 e. The number of carboxylic acids is 1. The van der Waals surface area contributed by atoms with Crippen molar-refractivity contribution in [3.8, 4) is 11.5 Å². The second-order valence-corrected chi connectivity index (χ2v) is 3.97. The quantitative estimate of drug-likeness (QED) is 0.792. The molecule has 0 saturated carbocycles. The minimum atomic E-state index is -1.44. The van der Waals surface area contributed by atoms with Gasteiger partial charge < -0.3 is 19.5 Å². The summed E-state index contributed by atoms with van der Waals surface area (Å²) in [5.41, 5.74) is 0.962. The Morgan fingerprint density at radius 3 is 2.78 bits per heavy atom. The van der Waals surface area contributed by atoms with Gasteiger partial charge in [-0.1, -0.05) is 6.07 Å². The first kappa shape index (κ1) is 12.2. The summed E-state index contributed by atoms with van der Waals surface area (Å²) in [5.74, 6) is -0.965. The lowest BCUT2D eigenvalue weighted by molar-refractivity contribution is -0.155. The Morgan fingerprint density at radius 2 is 2.06 bits per heavy atom. The van der Waals surface area contributed by atoms with Crippen molar-refractivity contribution in [1.82, 2.24) is 4.90 Å². The predicted molar refractivity (Wildman–Crippen MR) is 61.5 cm³/mol. The van der Waals surface area contributed by atoms with Gasteiger partial charge in [0.1, 0.15) is 0 Å². The zero-order valence-electron chi connectivity index (χ0n) is 9.88. The number of hydrogen-bond donors (Lipinski definition) is 1. The number of benzene rings is 1. The third-order valence-corrected chi connectivity index (χ3v) is 2.70. The third-order valence-electron chi connectivity index (χ3n) is 2.70. The number of carbonyl (C=O) groups is 2. The molecular weight excluding hydrogens is 238 g/mol. The summed E-state index contributed by atoms with van der Waals surface area (Å²) in [6.07, 6.45) is 0.562. The van der Waals surface area contributed by atoms with E-state index in [9.17, 15) is 9.59 Å². The van der Waals surface area contributed by atoms with Crippen molar-refractivity contribution >= 4 is 11.9 Å². The lowest BCUT2D eigenvalue weighted by Crippen LogP contribution is -2.34. The van der Waals surface area contributed by atoms with Crippen molar-refractivity contribution in [2.45, 2.75) is 6.42 Å². The van der Waals surface area contributed by atoms with Crippen LogP contribution in [-0.4, -0.2) is 42.3 Å². The lowest BCUT2D eigenvalue weighted by atomic mass is 10.1. The number of ether oxygens (including phenoxy) is 2. The standard InChI is InChI=1S/C12H13NO5/c1-13(11(14)12(15)16)5-4-8-2-3-9-10(6-8)18-7-17-9/h2-3,6H,4-5,7H2,1H3,(H,15,16). The van der Waals surface area contributed by atoms with Crippen LogP contribution in [0.5, 0.6) is 11.5 Å². The maximum Gasteiger partial charge on any atom is 0.394 e. The molecule has 1 amide bonds. The molecular formula is C12H13NO5. The number of nitrogens with zero attached hydrogens (tertiary/aromatic N) is 1. The van der Waals surface area contributed by atoms with Crippen LogP contribution in [0.2, 0.25) is 0 Å². The Bertz CT molecular complexity index is 485. The number of carbonyl (C=O) groups excluding carboxylic acids is 1. The van der Waals surface area contributed by atoms with Gasteiger partial charge in [-0.05, 0) is 24.1 Å². The van der Waals surface area contributed by atoms with Gasteiger partial charge in [0.25, 0.3) is 0 Å². The van der Waals surface area contributed by atoms with Gasteiger partial charge in [-0.15, -0.1) is 0 Å². The summed E-state index contributed by atoms with van der Waals surface area (Å²) < 4.78 is 10.4. The molecule has 0 atom stereocenters. The molecule has 1 aromatic carbocycles. The molecule has 0 aromatic heterocycles. The van der Waals surface area contributed by atoms with Crippen LogP contribution in [0.25, 0.3) is 0 Å². The van der Waals surface area contributed by atoms with E-state index in [0.717, 1.165) is 5.56 Å². The number of fused-ring (bicyclic) bond motifs is 1. The highest BCUT2D eigenvalue weighted by Gasteiger charge is 2.17. The van der Waals surface area contributed by atoms with E-state index in [4.69, 9.17) is 14.6 Å². The number of likely N-dealkylation sites (N-methyl/N-ethyl adjacent to an activating group) is 1. The van der Waals surface area contributed by atoms with E-state index in [1.54, 1.807) is 6.07 Å². The molecule has 0 radical (unpaired) electrons. The normalized spacial score (nSPS) is 12.3. The van der Waals surface area contributed by atoms with Crippen LogP contribution in [0.3, 0.4) is 0 Å². The Labute approximate surface area is 104 Å². The first-order chi connectivity index (χ1) is 8.58. The molecule has 6 heteroatoms. The molecule has 0 aliphatic carbocycles. The van der Waals surface area contributed by atoms with Gasteiger partial charge in [0, 0.05) is 13.6 Å². The molecule has 1 heterocycles. The van der Waals surface area contributed by atoms with Crippen LogP contribution in [0.4, 0.5) is 0 Å². The van der Waals surface area contributed by atoms with Crippen molar-refractivity contribution in [3.63, 3.8) is 0 Å². The molecule has 1 aliphatic rings. The molecule has 1 aromatic rings. The Hall–Kier alpha value is -2.24. The summed E-state index contributed by atoms with van der Waals surface area (Å²) >= 11 is 0. The van der Waals surface area contributed by atoms with Crippen LogP contribution >= 0.6 is 0 Å². The number of carboxylic acid groups (broad SMARTS) is 1. The van der Waals surface area contributed by atoms with Crippen LogP contribution < -0.4 is 9.47 Å². The lowest BCUT2D eigenvalue weighted by Gasteiger charge is -2.14. The van der Waals surface area contributed by atoms with Gasteiger partial charge >= 0.3 is 11.9 Å². The van der Waals surface area contributed by atoms with E-state index in [2.05, 4.69) is 0 Å². The maximum absolute atomic E-state index is 11.1. The highest BCUT2D eigenvalue weighted by Crippen LogP contribution is 2.32. The number of amides is 1. The fraction of sp³-hybridized carbons (Fsp3) is 0.333. The summed E-state index contributed by atoms with van der Waals surface area (Å²) in [7, 11) is 1.46. The van der Waals surface area contributed by atoms with Crippen molar-refractivity contribution in [3.05, 3.63) is 23.8 Å². The molecule has 0 unspecified atom stereocenters. The zero-order chi connectivity index (χ0) is 13.1. The largest absolute Gasteiger partial charge is 0.474 e. The van der Waals surface area contributed by atoms with Gasteiger partial charge in [0.2, 0.25) is 6.79 Å². The van der Waals surface area contributed by atoms with Crippen LogP contribution in [0.15, 0.2) is 18.2 Å². The van der Waals surface area contributed by atoms with E-state index in [0.29, 0.717) is 24.5 Å². The van der Waals surface area contributed by atoms with Gasteiger partial charge in [-0.3, -0.25) is 4.79 Å². The topological polar surface area (TPSA) is 76.1 Å². The molecule has 0 spiro atoms. The summed E-state index contributed by atoms with van der Waals surface area (Å²) in [6.45, 7) is 0.557. The first-order valence-corrected chi connectivity index (χ1v) is 5.45. The number of hydrogen-bond acceptors (Lipinski definition) is 4. The van der Waals surface area contributed by atoms with Gasteiger partial charge in [0.05, 0.1) is 0 Å². The van der Waals surface area contributed by atoms with Crippen LogP contribution in [0.1, 0.15) is 5.56 Å². The molecule has 0 bridgehead atoms. The summed E-state index contributed by atoms with van der Waals surface area (Å²) in [4.78, 5) is 22.8. The molecule has 96 valence electrons. The molecule has 1 aliphatic heterocycles. The Kier molecular flexibility index (Phi) is 3.36. The predicted octanol–water partition coefficient (Wildman–Crippen LogP) is 0.501. The highest BCUT2D eigenvalue weighted by molar-refractivity contribution is 6.31. The van der Waals surface area contributed by atoms with Gasteiger partial charge in [0.15, 0.2) is 11.5 Å². The SMILES string of the molecule is CN(CCc1ccc2c(c1)OCO2)C(=O)C(=O)O. The summed E-state index contributed by atoms with van der Waals surface area (Å²) in [6, 6.07) is 5.50. The molecule has 1 N–H and O–H groups in total. The van der Waals surface area contributed by atoms with E-state index >= 15 is 0 Å². The fourth-order valence-corrected chi connectivity index (χ4v) is 1.66. The average Bonchev–Trinajstić information content (AvgIpc) is 2.82. The van der Waals surface area contributed by atoms with Gasteiger partial charge in [-0.25, -0.2) is 4.79 Å². The van der Waals surface area contributed by atoms with Crippen molar-refractivity contribution in [2.75, 3.05) is 20.4 Å². The second-order valence-electron chi connectivity index (χ2n) is 3.97. The molecule has 6 nitrogen and oxygen atoms in total.